The third-order valence-electron chi connectivity index (χ3n) is 3.14. The van der Waals surface area contributed by atoms with Crippen LogP contribution in [0.3, 0.4) is 0 Å². The van der Waals surface area contributed by atoms with E-state index in [0.717, 1.165) is 18.5 Å². The molecule has 0 amide bonds. The van der Waals surface area contributed by atoms with Crippen molar-refractivity contribution in [2.24, 2.45) is 11.7 Å². The normalized spacial score (nSPS) is 29.8. The molecular weight excluding hydrogens is 162 g/mol. The molecule has 2 aliphatic rings. The standard InChI is InChI=1S/C10H21N3/c11-7-9-3-5-13(8-9)6-4-12-10-1-2-10/h9-10,12H,1-8,11H2. The highest BCUT2D eigenvalue weighted by Gasteiger charge is 2.23. The summed E-state index contributed by atoms with van der Waals surface area (Å²) in [6.45, 7) is 5.73. The molecule has 1 saturated heterocycles. The lowest BCUT2D eigenvalue weighted by atomic mass is 10.1. The summed E-state index contributed by atoms with van der Waals surface area (Å²) in [7, 11) is 0. The number of nitrogens with zero attached hydrogens (tertiary/aromatic N) is 1. The summed E-state index contributed by atoms with van der Waals surface area (Å²) in [5.41, 5.74) is 5.64. The molecule has 3 N–H and O–H groups in total. The minimum atomic E-state index is 0.765. The van der Waals surface area contributed by atoms with Gasteiger partial charge >= 0.3 is 0 Å². The lowest BCUT2D eigenvalue weighted by molar-refractivity contribution is 0.323. The fraction of sp³-hybridized carbons (Fsp3) is 1.00. The molecule has 0 spiro atoms. The smallest absolute Gasteiger partial charge is 0.0107 e. The molecular formula is C10H21N3. The molecule has 13 heavy (non-hydrogen) atoms. The van der Waals surface area contributed by atoms with Crippen LogP contribution in [0.1, 0.15) is 19.3 Å². The maximum Gasteiger partial charge on any atom is 0.0107 e. The second-order valence-electron chi connectivity index (χ2n) is 4.42. The molecule has 0 aromatic carbocycles. The van der Waals surface area contributed by atoms with Gasteiger partial charge in [-0.2, -0.15) is 0 Å². The van der Waals surface area contributed by atoms with Gasteiger partial charge in [0.05, 0.1) is 0 Å². The van der Waals surface area contributed by atoms with Crippen LogP contribution in [0.5, 0.6) is 0 Å². The Morgan fingerprint density at radius 3 is 2.77 bits per heavy atom. The average Bonchev–Trinajstić information content (AvgIpc) is 2.84. The first-order valence-corrected chi connectivity index (χ1v) is 5.54. The summed E-state index contributed by atoms with van der Waals surface area (Å²) < 4.78 is 0. The van der Waals surface area contributed by atoms with Crippen molar-refractivity contribution in [2.45, 2.75) is 25.3 Å². The SMILES string of the molecule is NCC1CCN(CCNC2CC2)C1. The van der Waals surface area contributed by atoms with Crippen LogP contribution in [-0.2, 0) is 0 Å². The molecule has 2 rings (SSSR count). The highest BCUT2D eigenvalue weighted by atomic mass is 15.2. The average molecular weight is 183 g/mol. The Hall–Kier alpha value is -0.120. The van der Waals surface area contributed by atoms with Gasteiger partial charge in [0.1, 0.15) is 0 Å². The second kappa shape index (κ2) is 4.40. The van der Waals surface area contributed by atoms with Crippen molar-refractivity contribution in [3.8, 4) is 0 Å². The molecule has 0 bridgehead atoms. The van der Waals surface area contributed by atoms with Crippen LogP contribution in [0.2, 0.25) is 0 Å². The van der Waals surface area contributed by atoms with Crippen LogP contribution >= 0.6 is 0 Å². The molecule has 1 saturated carbocycles. The highest BCUT2D eigenvalue weighted by molar-refractivity contribution is 4.82. The Kier molecular flexibility index (Phi) is 3.19. The third-order valence-corrected chi connectivity index (χ3v) is 3.14. The topological polar surface area (TPSA) is 41.3 Å². The Bertz CT molecular complexity index is 156. The number of hydrogen-bond acceptors (Lipinski definition) is 3. The Morgan fingerprint density at radius 2 is 2.15 bits per heavy atom. The van der Waals surface area contributed by atoms with Crippen molar-refractivity contribution in [3.05, 3.63) is 0 Å². The van der Waals surface area contributed by atoms with E-state index in [1.807, 2.05) is 0 Å². The summed E-state index contributed by atoms with van der Waals surface area (Å²) in [5, 5.41) is 3.54. The maximum atomic E-state index is 5.64. The molecule has 1 heterocycles. The zero-order chi connectivity index (χ0) is 9.10. The number of nitrogens with one attached hydrogen (secondary N) is 1. The molecule has 0 aromatic heterocycles. The van der Waals surface area contributed by atoms with Gasteiger partial charge in [-0.1, -0.05) is 0 Å². The Morgan fingerprint density at radius 1 is 1.31 bits per heavy atom. The van der Waals surface area contributed by atoms with E-state index in [-0.39, 0.29) is 0 Å². The molecule has 3 nitrogen and oxygen atoms in total. The van der Waals surface area contributed by atoms with Gasteiger partial charge in [-0.25, -0.2) is 0 Å². The van der Waals surface area contributed by atoms with E-state index in [0.29, 0.717) is 0 Å². The number of hydrogen-bond donors (Lipinski definition) is 2. The van der Waals surface area contributed by atoms with E-state index in [4.69, 9.17) is 5.73 Å². The van der Waals surface area contributed by atoms with Gasteiger partial charge in [0, 0.05) is 25.7 Å². The highest BCUT2D eigenvalue weighted by Crippen LogP contribution is 2.18. The number of likely N-dealkylation sites (tertiary alicyclic amines) is 1. The van der Waals surface area contributed by atoms with E-state index >= 15 is 0 Å². The largest absolute Gasteiger partial charge is 0.330 e. The molecule has 0 radical (unpaired) electrons. The van der Waals surface area contributed by atoms with Crippen molar-refractivity contribution >= 4 is 0 Å². The van der Waals surface area contributed by atoms with Gasteiger partial charge in [-0.3, -0.25) is 0 Å². The summed E-state index contributed by atoms with van der Waals surface area (Å²) in [4.78, 5) is 2.53. The van der Waals surface area contributed by atoms with Crippen LogP contribution in [0.4, 0.5) is 0 Å². The van der Waals surface area contributed by atoms with E-state index in [2.05, 4.69) is 10.2 Å². The Labute approximate surface area is 80.7 Å². The second-order valence-corrected chi connectivity index (χ2v) is 4.42. The zero-order valence-electron chi connectivity index (χ0n) is 8.34. The molecule has 0 aromatic rings. The number of nitrogens with two attached hydrogens (primary N) is 1. The van der Waals surface area contributed by atoms with Crippen molar-refractivity contribution in [2.75, 3.05) is 32.7 Å². The van der Waals surface area contributed by atoms with Crippen LogP contribution in [0, 0.1) is 5.92 Å². The zero-order valence-corrected chi connectivity index (χ0v) is 8.34. The molecule has 76 valence electrons. The number of rotatable bonds is 5. The van der Waals surface area contributed by atoms with E-state index in [9.17, 15) is 0 Å². The molecule has 1 atom stereocenters. The van der Waals surface area contributed by atoms with Crippen molar-refractivity contribution in [3.63, 3.8) is 0 Å². The van der Waals surface area contributed by atoms with Gasteiger partial charge in [0.2, 0.25) is 0 Å². The maximum absolute atomic E-state index is 5.64. The quantitative estimate of drug-likeness (QED) is 0.631. The minimum absolute atomic E-state index is 0.765. The van der Waals surface area contributed by atoms with Gasteiger partial charge in [-0.15, -0.1) is 0 Å². The summed E-state index contributed by atoms with van der Waals surface area (Å²) in [6, 6.07) is 0.855. The lowest BCUT2D eigenvalue weighted by Gasteiger charge is -2.15. The monoisotopic (exact) mass is 183 g/mol. The molecule has 1 aliphatic carbocycles. The predicted octanol–water partition coefficient (Wildman–Crippen LogP) is 0.0190. The van der Waals surface area contributed by atoms with Gasteiger partial charge in [0.25, 0.3) is 0 Å². The summed E-state index contributed by atoms with van der Waals surface area (Å²) in [6.07, 6.45) is 4.09. The van der Waals surface area contributed by atoms with Crippen LogP contribution in [-0.4, -0.2) is 43.7 Å². The van der Waals surface area contributed by atoms with Crippen molar-refractivity contribution < 1.29 is 0 Å². The van der Waals surface area contributed by atoms with E-state index in [1.165, 1.54) is 45.4 Å². The van der Waals surface area contributed by atoms with Crippen LogP contribution < -0.4 is 11.1 Å². The summed E-state index contributed by atoms with van der Waals surface area (Å²) >= 11 is 0. The lowest BCUT2D eigenvalue weighted by Crippen LogP contribution is -2.32. The van der Waals surface area contributed by atoms with Crippen LogP contribution in [0.25, 0.3) is 0 Å². The van der Waals surface area contributed by atoms with E-state index in [1.54, 1.807) is 0 Å². The van der Waals surface area contributed by atoms with Crippen molar-refractivity contribution in [1.29, 1.82) is 0 Å². The summed E-state index contributed by atoms with van der Waals surface area (Å²) in [5.74, 6) is 0.765. The van der Waals surface area contributed by atoms with Crippen molar-refractivity contribution in [1.82, 2.24) is 10.2 Å². The fourth-order valence-electron chi connectivity index (χ4n) is 2.02. The first kappa shape index (κ1) is 9.44. The molecule has 1 aliphatic heterocycles. The van der Waals surface area contributed by atoms with E-state index < -0.39 is 0 Å². The van der Waals surface area contributed by atoms with Crippen LogP contribution in [0.15, 0.2) is 0 Å². The Balaban J connectivity index is 1.54. The van der Waals surface area contributed by atoms with Gasteiger partial charge in [-0.05, 0) is 38.3 Å². The molecule has 1 unspecified atom stereocenters. The first-order valence-electron chi connectivity index (χ1n) is 5.54. The fourth-order valence-corrected chi connectivity index (χ4v) is 2.02. The van der Waals surface area contributed by atoms with Gasteiger partial charge < -0.3 is 16.0 Å². The predicted molar refractivity (Wildman–Crippen MR) is 54.6 cm³/mol. The first-order chi connectivity index (χ1) is 6.38. The van der Waals surface area contributed by atoms with Gasteiger partial charge in [0.15, 0.2) is 0 Å². The third kappa shape index (κ3) is 2.93. The minimum Gasteiger partial charge on any atom is -0.330 e. The molecule has 3 heteroatoms. The molecule has 2 fully saturated rings.